The Morgan fingerprint density at radius 1 is 1.15 bits per heavy atom. The molecule has 2 saturated heterocycles. The van der Waals surface area contributed by atoms with Crippen LogP contribution in [0.15, 0.2) is 0 Å². The van der Waals surface area contributed by atoms with Gasteiger partial charge in [0, 0.05) is 19.0 Å². The molecule has 2 heterocycles. The lowest BCUT2D eigenvalue weighted by Crippen LogP contribution is -2.32. The van der Waals surface area contributed by atoms with Crippen molar-refractivity contribution in [1.82, 2.24) is 4.90 Å². The normalized spacial score (nSPS) is 30.9. The molecule has 13 heavy (non-hydrogen) atoms. The predicted molar refractivity (Wildman–Crippen MR) is 51.3 cm³/mol. The van der Waals surface area contributed by atoms with Gasteiger partial charge in [-0.3, -0.25) is 4.90 Å². The third-order valence-electron chi connectivity index (χ3n) is 2.34. The van der Waals surface area contributed by atoms with E-state index in [0.29, 0.717) is 12.2 Å². The number of hydrogen-bond acceptors (Lipinski definition) is 3. The lowest BCUT2D eigenvalue weighted by Gasteiger charge is -2.19. The fraction of sp³-hybridized carbons (Fsp3) is 1.00. The second-order valence-electron chi connectivity index (χ2n) is 3.71. The lowest BCUT2D eigenvalue weighted by molar-refractivity contribution is 0.220. The van der Waals surface area contributed by atoms with Crippen LogP contribution in [0.25, 0.3) is 0 Å². The first-order chi connectivity index (χ1) is 6.38. The number of halogens is 1. The molecule has 2 rings (SSSR count). The van der Waals surface area contributed by atoms with Gasteiger partial charge in [-0.15, -0.1) is 11.6 Å². The highest BCUT2D eigenvalue weighted by Gasteiger charge is 2.30. The molecule has 0 radical (unpaired) electrons. The van der Waals surface area contributed by atoms with E-state index in [1.54, 1.807) is 0 Å². The van der Waals surface area contributed by atoms with Crippen LogP contribution in [-0.2, 0) is 9.47 Å². The summed E-state index contributed by atoms with van der Waals surface area (Å²) in [5, 5.41) is 0. The molecule has 2 atom stereocenters. The Bertz CT molecular complexity index is 146. The second kappa shape index (κ2) is 4.60. The summed E-state index contributed by atoms with van der Waals surface area (Å²) in [5.41, 5.74) is 0. The van der Waals surface area contributed by atoms with Crippen molar-refractivity contribution in [2.75, 3.05) is 38.7 Å². The van der Waals surface area contributed by atoms with E-state index in [9.17, 15) is 0 Å². The molecule has 3 nitrogen and oxygen atoms in total. The first kappa shape index (κ1) is 9.71. The zero-order valence-corrected chi connectivity index (χ0v) is 8.50. The summed E-state index contributed by atoms with van der Waals surface area (Å²) in [5.74, 6) is 0.744. The third kappa shape index (κ3) is 3.81. The molecule has 0 aromatic rings. The summed E-state index contributed by atoms with van der Waals surface area (Å²) in [7, 11) is 0. The highest BCUT2D eigenvalue weighted by atomic mass is 35.5. The monoisotopic (exact) mass is 205 g/mol. The van der Waals surface area contributed by atoms with Gasteiger partial charge in [0.25, 0.3) is 0 Å². The molecule has 0 aliphatic carbocycles. The van der Waals surface area contributed by atoms with Crippen LogP contribution in [-0.4, -0.2) is 55.8 Å². The van der Waals surface area contributed by atoms with Crippen molar-refractivity contribution in [1.29, 1.82) is 0 Å². The largest absolute Gasteiger partial charge is 0.372 e. The molecule has 0 aromatic carbocycles. The van der Waals surface area contributed by atoms with Crippen molar-refractivity contribution in [3.8, 4) is 0 Å². The fourth-order valence-corrected chi connectivity index (χ4v) is 1.58. The number of epoxide rings is 2. The quantitative estimate of drug-likeness (QED) is 0.453. The predicted octanol–water partition coefficient (Wildman–Crippen LogP) is 0.715. The van der Waals surface area contributed by atoms with Crippen LogP contribution < -0.4 is 0 Å². The molecule has 0 N–H and O–H groups in total. The zero-order chi connectivity index (χ0) is 9.10. The molecule has 2 unspecified atom stereocenters. The Morgan fingerprint density at radius 2 is 1.69 bits per heavy atom. The molecule has 0 bridgehead atoms. The highest BCUT2D eigenvalue weighted by molar-refractivity contribution is 6.17. The fourth-order valence-electron chi connectivity index (χ4n) is 1.46. The Morgan fingerprint density at radius 3 is 2.08 bits per heavy atom. The van der Waals surface area contributed by atoms with Crippen LogP contribution in [0.5, 0.6) is 0 Å². The Hall–Kier alpha value is 0.170. The van der Waals surface area contributed by atoms with E-state index in [1.165, 1.54) is 0 Å². The average molecular weight is 206 g/mol. The van der Waals surface area contributed by atoms with Gasteiger partial charge in [-0.2, -0.15) is 0 Å². The minimum absolute atomic E-state index is 0.481. The van der Waals surface area contributed by atoms with Crippen molar-refractivity contribution < 1.29 is 9.47 Å². The van der Waals surface area contributed by atoms with Gasteiger partial charge in [-0.1, -0.05) is 0 Å². The van der Waals surface area contributed by atoms with E-state index >= 15 is 0 Å². The third-order valence-corrected chi connectivity index (χ3v) is 2.60. The Labute approximate surface area is 83.9 Å². The number of hydrogen-bond donors (Lipinski definition) is 0. The molecular formula is C9H16ClNO2. The summed E-state index contributed by atoms with van der Waals surface area (Å²) in [6, 6.07) is 0. The molecule has 2 fully saturated rings. The standard InChI is InChI=1S/C9H16ClNO2/c10-2-1-3-11(4-8-6-12-8)5-9-7-13-9/h8-9H,1-7H2. The van der Waals surface area contributed by atoms with Gasteiger partial charge in [0.2, 0.25) is 0 Å². The molecular weight excluding hydrogens is 190 g/mol. The van der Waals surface area contributed by atoms with Crippen LogP contribution in [0.1, 0.15) is 6.42 Å². The summed E-state index contributed by atoms with van der Waals surface area (Å²) in [6.45, 7) is 5.04. The van der Waals surface area contributed by atoms with Crippen molar-refractivity contribution in [2.24, 2.45) is 0 Å². The molecule has 76 valence electrons. The van der Waals surface area contributed by atoms with Gasteiger partial charge in [-0.25, -0.2) is 0 Å². The molecule has 2 aliphatic rings. The lowest BCUT2D eigenvalue weighted by atomic mass is 10.3. The van der Waals surface area contributed by atoms with E-state index in [2.05, 4.69) is 4.90 Å². The van der Waals surface area contributed by atoms with Gasteiger partial charge in [0.05, 0.1) is 25.4 Å². The van der Waals surface area contributed by atoms with E-state index in [4.69, 9.17) is 21.1 Å². The van der Waals surface area contributed by atoms with Crippen molar-refractivity contribution in [3.05, 3.63) is 0 Å². The Balaban J connectivity index is 1.64. The molecule has 2 aliphatic heterocycles. The first-order valence-electron chi connectivity index (χ1n) is 4.90. The molecule has 0 amide bonds. The SMILES string of the molecule is ClCCCN(CC1CO1)CC1CO1. The molecule has 0 saturated carbocycles. The van der Waals surface area contributed by atoms with Crippen molar-refractivity contribution in [3.63, 3.8) is 0 Å². The molecule has 0 aromatic heterocycles. The van der Waals surface area contributed by atoms with Gasteiger partial charge < -0.3 is 9.47 Å². The van der Waals surface area contributed by atoms with Crippen LogP contribution in [0.4, 0.5) is 0 Å². The number of alkyl halides is 1. The number of ether oxygens (including phenoxy) is 2. The minimum Gasteiger partial charge on any atom is -0.372 e. The summed E-state index contributed by atoms with van der Waals surface area (Å²) >= 11 is 5.66. The number of rotatable bonds is 7. The van der Waals surface area contributed by atoms with Gasteiger partial charge in [0.1, 0.15) is 0 Å². The summed E-state index contributed by atoms with van der Waals surface area (Å²) < 4.78 is 10.4. The average Bonchev–Trinajstić information content (AvgIpc) is 2.94. The van der Waals surface area contributed by atoms with E-state index in [-0.39, 0.29) is 0 Å². The highest BCUT2D eigenvalue weighted by Crippen LogP contribution is 2.15. The maximum absolute atomic E-state index is 5.66. The minimum atomic E-state index is 0.481. The van der Waals surface area contributed by atoms with E-state index in [0.717, 1.165) is 45.1 Å². The zero-order valence-electron chi connectivity index (χ0n) is 7.75. The van der Waals surface area contributed by atoms with Gasteiger partial charge >= 0.3 is 0 Å². The van der Waals surface area contributed by atoms with Crippen LogP contribution in [0.2, 0.25) is 0 Å². The Kier molecular flexibility index (Phi) is 3.44. The van der Waals surface area contributed by atoms with E-state index in [1.807, 2.05) is 0 Å². The van der Waals surface area contributed by atoms with Crippen LogP contribution >= 0.6 is 11.6 Å². The molecule has 4 heteroatoms. The van der Waals surface area contributed by atoms with E-state index < -0.39 is 0 Å². The second-order valence-corrected chi connectivity index (χ2v) is 4.09. The molecule has 0 spiro atoms. The van der Waals surface area contributed by atoms with Crippen LogP contribution in [0, 0.1) is 0 Å². The number of nitrogens with zero attached hydrogens (tertiary/aromatic N) is 1. The van der Waals surface area contributed by atoms with Gasteiger partial charge in [-0.05, 0) is 13.0 Å². The van der Waals surface area contributed by atoms with Crippen LogP contribution in [0.3, 0.4) is 0 Å². The summed E-state index contributed by atoms with van der Waals surface area (Å²) in [4.78, 5) is 2.40. The first-order valence-corrected chi connectivity index (χ1v) is 5.43. The van der Waals surface area contributed by atoms with Crippen molar-refractivity contribution >= 4 is 11.6 Å². The van der Waals surface area contributed by atoms with Crippen molar-refractivity contribution in [2.45, 2.75) is 18.6 Å². The maximum Gasteiger partial charge on any atom is 0.0936 e. The van der Waals surface area contributed by atoms with Gasteiger partial charge in [0.15, 0.2) is 0 Å². The smallest absolute Gasteiger partial charge is 0.0936 e. The summed E-state index contributed by atoms with van der Waals surface area (Å²) in [6.07, 6.45) is 2.02. The topological polar surface area (TPSA) is 28.3 Å². The maximum atomic E-state index is 5.66.